The molecule has 0 bridgehead atoms. The fourth-order valence-electron chi connectivity index (χ4n) is 3.13. The van der Waals surface area contributed by atoms with Crippen molar-refractivity contribution in [1.29, 1.82) is 0 Å². The second-order valence-electron chi connectivity index (χ2n) is 6.73. The topological polar surface area (TPSA) is 85.1 Å². The van der Waals surface area contributed by atoms with Crippen molar-refractivity contribution in [3.63, 3.8) is 0 Å². The number of anilines is 2. The largest absolute Gasteiger partial charge is 0.457 e. The van der Waals surface area contributed by atoms with Gasteiger partial charge in [0.1, 0.15) is 23.6 Å². The van der Waals surface area contributed by atoms with Crippen LogP contribution >= 0.6 is 0 Å². The first-order chi connectivity index (χ1) is 15.0. The second-order valence-corrected chi connectivity index (χ2v) is 6.73. The minimum Gasteiger partial charge on any atom is -0.457 e. The van der Waals surface area contributed by atoms with Crippen LogP contribution in [0.5, 0.6) is 11.5 Å². The second kappa shape index (κ2) is 8.60. The number of aryl methyl sites for hydroxylation is 1. The van der Waals surface area contributed by atoms with Crippen molar-refractivity contribution in [2.45, 2.75) is 19.2 Å². The van der Waals surface area contributed by atoms with Gasteiger partial charge in [0, 0.05) is 35.8 Å². The maximum atomic E-state index is 14.1. The van der Waals surface area contributed by atoms with E-state index < -0.39 is 19.2 Å². The highest BCUT2D eigenvalue weighted by molar-refractivity contribution is 5.91. The highest BCUT2D eigenvalue weighted by atomic mass is 19.3. The normalized spacial score (nSPS) is 12.3. The number of hydrogen-bond donors (Lipinski definition) is 2. The van der Waals surface area contributed by atoms with E-state index in [1.165, 1.54) is 24.5 Å². The lowest BCUT2D eigenvalue weighted by Gasteiger charge is -2.17. The highest BCUT2D eigenvalue weighted by Crippen LogP contribution is 2.38. The number of halogens is 3. The molecule has 2 N–H and O–H groups in total. The Balaban J connectivity index is 1.74. The molecule has 4 aromatic rings. The van der Waals surface area contributed by atoms with Crippen LogP contribution in [-0.4, -0.2) is 31.3 Å². The lowest BCUT2D eigenvalue weighted by Crippen LogP contribution is -2.07. The highest BCUT2D eigenvalue weighted by Gasteiger charge is 2.27. The van der Waals surface area contributed by atoms with Crippen molar-refractivity contribution < 1.29 is 23.0 Å². The number of para-hydroxylation sites is 1. The van der Waals surface area contributed by atoms with Crippen molar-refractivity contribution in [1.82, 2.24) is 19.7 Å². The smallest absolute Gasteiger partial charge is 0.273 e. The van der Waals surface area contributed by atoms with Crippen LogP contribution in [0.4, 0.5) is 24.8 Å². The molecule has 0 aliphatic heterocycles. The van der Waals surface area contributed by atoms with Gasteiger partial charge in [-0.3, -0.25) is 4.68 Å². The molecule has 0 saturated heterocycles. The number of aromatic nitrogens is 4. The van der Waals surface area contributed by atoms with E-state index in [2.05, 4.69) is 20.4 Å². The van der Waals surface area contributed by atoms with Gasteiger partial charge >= 0.3 is 0 Å². The van der Waals surface area contributed by atoms with Crippen molar-refractivity contribution in [3.8, 4) is 11.5 Å². The molecule has 0 spiro atoms. The first-order valence-corrected chi connectivity index (χ1v) is 9.30. The SMILES string of the molecule is Cn1ccc(Nc2ncnc3ccc(Oc4c(CO)cccc4C(F)C(F)F)cc23)n1. The number of rotatable bonds is 7. The summed E-state index contributed by atoms with van der Waals surface area (Å²) in [5.74, 6) is 1.13. The maximum absolute atomic E-state index is 14.1. The number of benzene rings is 2. The molecule has 160 valence electrons. The summed E-state index contributed by atoms with van der Waals surface area (Å²) in [4.78, 5) is 8.44. The molecular weight excluding hydrogens is 411 g/mol. The molecule has 0 aliphatic rings. The fraction of sp³-hybridized carbons (Fsp3) is 0.190. The standard InChI is InChI=1S/C21H18F3N5O2/c1-29-8-7-17(28-29)27-21-15-9-13(5-6-16(15)25-11-26-21)31-19-12(10-30)3-2-4-14(19)18(22)20(23)24/h2-9,11,18,20,30H,10H2,1H3,(H,25,26,27,28). The molecule has 10 heteroatoms. The zero-order valence-corrected chi connectivity index (χ0v) is 16.3. The third-order valence-corrected chi connectivity index (χ3v) is 4.60. The van der Waals surface area contributed by atoms with Crippen molar-refractivity contribution in [2.75, 3.05) is 5.32 Å². The zero-order valence-electron chi connectivity index (χ0n) is 16.3. The van der Waals surface area contributed by atoms with Crippen LogP contribution in [0.2, 0.25) is 0 Å². The molecule has 7 nitrogen and oxygen atoms in total. The van der Waals surface area contributed by atoms with Crippen LogP contribution in [0, 0.1) is 0 Å². The van der Waals surface area contributed by atoms with E-state index in [4.69, 9.17) is 4.74 Å². The maximum Gasteiger partial charge on any atom is 0.273 e. The number of aliphatic hydroxyl groups is 1. The Morgan fingerprint density at radius 2 is 1.97 bits per heavy atom. The molecule has 1 atom stereocenters. The van der Waals surface area contributed by atoms with E-state index in [1.54, 1.807) is 42.2 Å². The number of nitrogens with zero attached hydrogens (tertiary/aromatic N) is 4. The molecule has 0 saturated carbocycles. The van der Waals surface area contributed by atoms with Crippen LogP contribution in [0.3, 0.4) is 0 Å². The summed E-state index contributed by atoms with van der Waals surface area (Å²) >= 11 is 0. The number of ether oxygens (including phenoxy) is 1. The van der Waals surface area contributed by atoms with Crippen LogP contribution in [0.15, 0.2) is 55.0 Å². The Kier molecular flexibility index (Phi) is 5.72. The number of hydrogen-bond acceptors (Lipinski definition) is 6. The summed E-state index contributed by atoms with van der Waals surface area (Å²) in [6.07, 6.45) is -2.62. The molecule has 0 amide bonds. The van der Waals surface area contributed by atoms with E-state index in [0.29, 0.717) is 22.5 Å². The number of fused-ring (bicyclic) bond motifs is 1. The zero-order chi connectivity index (χ0) is 22.0. The number of alkyl halides is 3. The van der Waals surface area contributed by atoms with Crippen molar-refractivity contribution >= 4 is 22.5 Å². The molecule has 2 aromatic carbocycles. The number of aliphatic hydroxyl groups excluding tert-OH is 1. The Hall–Kier alpha value is -3.66. The minimum atomic E-state index is -3.23. The average molecular weight is 429 g/mol. The first-order valence-electron chi connectivity index (χ1n) is 9.30. The predicted octanol–water partition coefficient (Wildman–Crippen LogP) is 4.67. The number of nitrogens with one attached hydrogen (secondary N) is 1. The van der Waals surface area contributed by atoms with Gasteiger partial charge in [0.05, 0.1) is 12.1 Å². The van der Waals surface area contributed by atoms with Gasteiger partial charge in [-0.05, 0) is 18.2 Å². The molecule has 1 unspecified atom stereocenters. The summed E-state index contributed by atoms with van der Waals surface area (Å²) in [7, 11) is 1.78. The van der Waals surface area contributed by atoms with Crippen LogP contribution in [0.1, 0.15) is 17.3 Å². The third-order valence-electron chi connectivity index (χ3n) is 4.60. The Morgan fingerprint density at radius 1 is 1.13 bits per heavy atom. The van der Waals surface area contributed by atoms with Gasteiger partial charge < -0.3 is 15.2 Å². The van der Waals surface area contributed by atoms with Crippen molar-refractivity contribution in [2.24, 2.45) is 7.05 Å². The minimum absolute atomic E-state index is 0.145. The van der Waals surface area contributed by atoms with Crippen LogP contribution in [0.25, 0.3) is 10.9 Å². The predicted molar refractivity (Wildman–Crippen MR) is 108 cm³/mol. The summed E-state index contributed by atoms with van der Waals surface area (Å²) in [6, 6.07) is 10.7. The van der Waals surface area contributed by atoms with Gasteiger partial charge in [-0.2, -0.15) is 5.10 Å². The van der Waals surface area contributed by atoms with Gasteiger partial charge in [0.2, 0.25) is 0 Å². The van der Waals surface area contributed by atoms with E-state index in [1.807, 2.05) is 0 Å². The van der Waals surface area contributed by atoms with Crippen LogP contribution < -0.4 is 10.1 Å². The van der Waals surface area contributed by atoms with Crippen LogP contribution in [-0.2, 0) is 13.7 Å². The summed E-state index contributed by atoms with van der Waals surface area (Å²) < 4.78 is 47.6. The van der Waals surface area contributed by atoms with E-state index in [-0.39, 0.29) is 22.6 Å². The Morgan fingerprint density at radius 3 is 2.68 bits per heavy atom. The van der Waals surface area contributed by atoms with Gasteiger partial charge in [-0.1, -0.05) is 18.2 Å². The molecule has 0 aliphatic carbocycles. The fourth-order valence-corrected chi connectivity index (χ4v) is 3.13. The lowest BCUT2D eigenvalue weighted by atomic mass is 10.0. The van der Waals surface area contributed by atoms with E-state index in [0.717, 1.165) is 0 Å². The lowest BCUT2D eigenvalue weighted by molar-refractivity contribution is 0.0483. The quantitative estimate of drug-likeness (QED) is 0.444. The molecule has 4 rings (SSSR count). The molecule has 0 fully saturated rings. The Bertz CT molecular complexity index is 1210. The van der Waals surface area contributed by atoms with Gasteiger partial charge in [0.15, 0.2) is 12.0 Å². The summed E-state index contributed by atoms with van der Waals surface area (Å²) in [6.45, 7) is -0.498. The third kappa shape index (κ3) is 4.29. The van der Waals surface area contributed by atoms with E-state index >= 15 is 0 Å². The average Bonchev–Trinajstić information content (AvgIpc) is 3.18. The summed E-state index contributed by atoms with van der Waals surface area (Å²) in [5, 5.41) is 17.5. The molecule has 2 heterocycles. The van der Waals surface area contributed by atoms with E-state index in [9.17, 15) is 18.3 Å². The van der Waals surface area contributed by atoms with Gasteiger partial charge in [-0.15, -0.1) is 0 Å². The van der Waals surface area contributed by atoms with Crippen molar-refractivity contribution in [3.05, 3.63) is 66.1 Å². The molecule has 31 heavy (non-hydrogen) atoms. The molecule has 0 radical (unpaired) electrons. The summed E-state index contributed by atoms with van der Waals surface area (Å²) in [5.41, 5.74) is 0.460. The monoisotopic (exact) mass is 429 g/mol. The van der Waals surface area contributed by atoms with Gasteiger partial charge in [0.25, 0.3) is 6.43 Å². The van der Waals surface area contributed by atoms with Gasteiger partial charge in [-0.25, -0.2) is 23.1 Å². The molecular formula is C21H18F3N5O2. The Labute approximate surface area is 175 Å². The first kappa shape index (κ1) is 20.6. The molecule has 2 aromatic heterocycles.